The van der Waals surface area contributed by atoms with E-state index in [1.54, 1.807) is 0 Å². The third-order valence-electron chi connectivity index (χ3n) is 4.20. The second-order valence-corrected chi connectivity index (χ2v) is 5.45. The number of hydrogen-bond acceptors (Lipinski definition) is 5. The number of carbonyl (C=O) groups excluding carboxylic acids is 1. The van der Waals surface area contributed by atoms with E-state index in [2.05, 4.69) is 21.7 Å². The molecule has 1 saturated carbocycles. The Kier molecular flexibility index (Phi) is 4.65. The Labute approximate surface area is 119 Å². The number of methoxy groups -OCH3 is 1. The molecule has 2 N–H and O–H groups in total. The molecule has 6 heteroatoms. The summed E-state index contributed by atoms with van der Waals surface area (Å²) in [5, 5.41) is 0. The number of rotatable bonds is 5. The van der Waals surface area contributed by atoms with Crippen molar-refractivity contribution in [1.29, 1.82) is 0 Å². The van der Waals surface area contributed by atoms with Crippen molar-refractivity contribution in [3.05, 3.63) is 11.5 Å². The second-order valence-electron chi connectivity index (χ2n) is 5.45. The highest BCUT2D eigenvalue weighted by molar-refractivity contribution is 5.92. The largest absolute Gasteiger partial charge is 0.464 e. The number of aryl methyl sites for hydroxylation is 1. The molecule has 1 aromatic heterocycles. The van der Waals surface area contributed by atoms with Crippen molar-refractivity contribution in [2.24, 2.45) is 0 Å². The summed E-state index contributed by atoms with van der Waals surface area (Å²) in [6, 6.07) is 0.681. The number of hydrogen-bond donors (Lipinski definition) is 1. The van der Waals surface area contributed by atoms with Gasteiger partial charge < -0.3 is 19.9 Å². The normalized spacial score (nSPS) is 16.0. The average Bonchev–Trinajstić information content (AvgIpc) is 3.05. The molecule has 1 fully saturated rings. The van der Waals surface area contributed by atoms with Gasteiger partial charge in [-0.1, -0.05) is 12.8 Å². The van der Waals surface area contributed by atoms with Crippen LogP contribution in [0.3, 0.4) is 0 Å². The predicted octanol–water partition coefficient (Wildman–Crippen LogP) is 1.43. The maximum atomic E-state index is 11.6. The summed E-state index contributed by atoms with van der Waals surface area (Å²) >= 11 is 0. The molecule has 1 aliphatic carbocycles. The van der Waals surface area contributed by atoms with E-state index in [9.17, 15) is 4.79 Å². The van der Waals surface area contributed by atoms with Gasteiger partial charge in [0.15, 0.2) is 5.69 Å². The van der Waals surface area contributed by atoms with Crippen LogP contribution in [-0.4, -0.2) is 47.2 Å². The lowest BCUT2D eigenvalue weighted by molar-refractivity contribution is 0.0595. The van der Waals surface area contributed by atoms with Crippen LogP contribution in [0.1, 0.15) is 42.0 Å². The first-order chi connectivity index (χ1) is 9.54. The van der Waals surface area contributed by atoms with E-state index in [1.807, 2.05) is 11.5 Å². The van der Waals surface area contributed by atoms with E-state index < -0.39 is 5.97 Å². The Morgan fingerprint density at radius 1 is 1.50 bits per heavy atom. The SMILES string of the molecule is COC(=O)c1nc(C)n(CCN(C)C2CCCC2)c1N. The number of esters is 1. The summed E-state index contributed by atoms with van der Waals surface area (Å²) < 4.78 is 6.57. The number of nitrogens with zero attached hydrogens (tertiary/aromatic N) is 3. The number of nitrogens with two attached hydrogens (primary N) is 1. The topological polar surface area (TPSA) is 73.4 Å². The molecule has 0 saturated heterocycles. The highest BCUT2D eigenvalue weighted by Crippen LogP contribution is 2.22. The van der Waals surface area contributed by atoms with E-state index in [0.29, 0.717) is 11.9 Å². The van der Waals surface area contributed by atoms with Gasteiger partial charge in [0, 0.05) is 19.1 Å². The molecular weight excluding hydrogens is 256 g/mol. The molecule has 6 nitrogen and oxygen atoms in total. The number of anilines is 1. The molecule has 0 unspecified atom stereocenters. The minimum atomic E-state index is -0.478. The molecule has 0 radical (unpaired) electrons. The van der Waals surface area contributed by atoms with Crippen LogP contribution in [-0.2, 0) is 11.3 Å². The maximum Gasteiger partial charge on any atom is 0.360 e. The van der Waals surface area contributed by atoms with Crippen molar-refractivity contribution >= 4 is 11.8 Å². The molecule has 0 aliphatic heterocycles. The van der Waals surface area contributed by atoms with Gasteiger partial charge in [-0.3, -0.25) is 0 Å². The van der Waals surface area contributed by atoms with Gasteiger partial charge in [0.05, 0.1) is 7.11 Å². The van der Waals surface area contributed by atoms with Gasteiger partial charge in [0.25, 0.3) is 0 Å². The summed E-state index contributed by atoms with van der Waals surface area (Å²) in [7, 11) is 3.49. The Balaban J connectivity index is 2.02. The predicted molar refractivity (Wildman–Crippen MR) is 77.6 cm³/mol. The third kappa shape index (κ3) is 2.95. The average molecular weight is 280 g/mol. The Morgan fingerprint density at radius 2 is 2.15 bits per heavy atom. The van der Waals surface area contributed by atoms with E-state index in [1.165, 1.54) is 32.8 Å². The molecule has 1 aromatic rings. The van der Waals surface area contributed by atoms with Gasteiger partial charge in [0.2, 0.25) is 0 Å². The molecule has 0 atom stereocenters. The molecule has 112 valence electrons. The van der Waals surface area contributed by atoms with Crippen molar-refractivity contribution in [3.8, 4) is 0 Å². The summed E-state index contributed by atoms with van der Waals surface area (Å²) in [5.74, 6) is 0.672. The third-order valence-corrected chi connectivity index (χ3v) is 4.20. The van der Waals surface area contributed by atoms with Crippen LogP contribution in [0, 0.1) is 6.92 Å². The van der Waals surface area contributed by atoms with E-state index >= 15 is 0 Å². The molecule has 1 heterocycles. The molecule has 1 aliphatic rings. The first-order valence-electron chi connectivity index (χ1n) is 7.15. The molecule has 0 bridgehead atoms. The van der Waals surface area contributed by atoms with Gasteiger partial charge in [-0.25, -0.2) is 9.78 Å². The first-order valence-corrected chi connectivity index (χ1v) is 7.15. The summed E-state index contributed by atoms with van der Waals surface area (Å²) in [5.41, 5.74) is 6.22. The van der Waals surface area contributed by atoms with Crippen molar-refractivity contribution in [2.75, 3.05) is 26.4 Å². The molecule has 0 aromatic carbocycles. The summed E-state index contributed by atoms with van der Waals surface area (Å²) in [4.78, 5) is 18.1. The Bertz CT molecular complexity index is 478. The quantitative estimate of drug-likeness (QED) is 0.826. The van der Waals surface area contributed by atoms with Crippen LogP contribution in [0.5, 0.6) is 0 Å². The van der Waals surface area contributed by atoms with Gasteiger partial charge in [0.1, 0.15) is 11.6 Å². The fourth-order valence-electron chi connectivity index (χ4n) is 2.90. The first kappa shape index (κ1) is 14.8. The molecule has 0 amide bonds. The number of aromatic nitrogens is 2. The van der Waals surface area contributed by atoms with Crippen LogP contribution >= 0.6 is 0 Å². The number of nitrogen functional groups attached to an aromatic ring is 1. The lowest BCUT2D eigenvalue weighted by Crippen LogP contribution is -2.32. The smallest absolute Gasteiger partial charge is 0.360 e. The fourth-order valence-corrected chi connectivity index (χ4v) is 2.90. The standard InChI is InChI=1S/C14H24N4O2/c1-10-16-12(14(19)20-3)13(15)18(10)9-8-17(2)11-6-4-5-7-11/h11H,4-9,15H2,1-3H3. The van der Waals surface area contributed by atoms with Crippen LogP contribution in [0.25, 0.3) is 0 Å². The number of imidazole rings is 1. The van der Waals surface area contributed by atoms with Crippen molar-refractivity contribution in [2.45, 2.75) is 45.2 Å². The highest BCUT2D eigenvalue weighted by atomic mass is 16.5. The van der Waals surface area contributed by atoms with E-state index in [4.69, 9.17) is 5.73 Å². The zero-order chi connectivity index (χ0) is 14.7. The lowest BCUT2D eigenvalue weighted by Gasteiger charge is -2.24. The minimum Gasteiger partial charge on any atom is -0.464 e. The Hall–Kier alpha value is -1.56. The monoisotopic (exact) mass is 280 g/mol. The molecule has 20 heavy (non-hydrogen) atoms. The lowest BCUT2D eigenvalue weighted by atomic mass is 10.2. The number of ether oxygens (including phenoxy) is 1. The molecular formula is C14H24N4O2. The van der Waals surface area contributed by atoms with Gasteiger partial charge in [-0.05, 0) is 26.8 Å². The van der Waals surface area contributed by atoms with Crippen molar-refractivity contribution in [3.63, 3.8) is 0 Å². The fraction of sp³-hybridized carbons (Fsp3) is 0.714. The highest BCUT2D eigenvalue weighted by Gasteiger charge is 2.22. The molecule has 0 spiro atoms. The molecule has 2 rings (SSSR count). The maximum absolute atomic E-state index is 11.6. The summed E-state index contributed by atoms with van der Waals surface area (Å²) in [6.45, 7) is 3.51. The minimum absolute atomic E-state index is 0.216. The van der Waals surface area contributed by atoms with Gasteiger partial charge in [-0.15, -0.1) is 0 Å². The van der Waals surface area contributed by atoms with Crippen LogP contribution < -0.4 is 5.73 Å². The van der Waals surface area contributed by atoms with E-state index in [-0.39, 0.29) is 5.69 Å². The van der Waals surface area contributed by atoms with Crippen LogP contribution in [0.4, 0.5) is 5.82 Å². The van der Waals surface area contributed by atoms with Gasteiger partial charge in [-0.2, -0.15) is 0 Å². The number of likely N-dealkylation sites (N-methyl/N-ethyl adjacent to an activating group) is 1. The van der Waals surface area contributed by atoms with Gasteiger partial charge >= 0.3 is 5.97 Å². The second kappa shape index (κ2) is 6.26. The van der Waals surface area contributed by atoms with Crippen LogP contribution in [0.2, 0.25) is 0 Å². The zero-order valence-electron chi connectivity index (χ0n) is 12.6. The Morgan fingerprint density at radius 3 is 2.75 bits per heavy atom. The van der Waals surface area contributed by atoms with Crippen molar-refractivity contribution < 1.29 is 9.53 Å². The summed E-state index contributed by atoms with van der Waals surface area (Å²) in [6.07, 6.45) is 5.21. The van der Waals surface area contributed by atoms with E-state index in [0.717, 1.165) is 18.9 Å². The van der Waals surface area contributed by atoms with Crippen molar-refractivity contribution in [1.82, 2.24) is 14.5 Å². The zero-order valence-corrected chi connectivity index (χ0v) is 12.6. The number of carbonyl (C=O) groups is 1. The van der Waals surface area contributed by atoms with Crippen LogP contribution in [0.15, 0.2) is 0 Å².